The number of nitrogens with two attached hydrogens (primary N) is 1. The molecule has 0 amide bonds. The summed E-state index contributed by atoms with van der Waals surface area (Å²) in [6, 6.07) is 4.61. The van der Waals surface area contributed by atoms with Crippen LogP contribution in [0.5, 0.6) is 0 Å². The van der Waals surface area contributed by atoms with Crippen LogP contribution in [0.2, 0.25) is 5.02 Å². The van der Waals surface area contributed by atoms with Gasteiger partial charge in [-0.1, -0.05) is 23.7 Å². The summed E-state index contributed by atoms with van der Waals surface area (Å²) in [5, 5.41) is 3.94. The summed E-state index contributed by atoms with van der Waals surface area (Å²) in [5.74, 6) is -2.13. The van der Waals surface area contributed by atoms with E-state index >= 15 is 4.39 Å². The molecule has 4 heterocycles. The molecule has 0 aliphatic carbocycles. The molecule has 8 nitrogen and oxygen atoms in total. The van der Waals surface area contributed by atoms with Crippen molar-refractivity contribution in [3.8, 4) is 0 Å². The van der Waals surface area contributed by atoms with Crippen molar-refractivity contribution in [3.63, 3.8) is 0 Å². The summed E-state index contributed by atoms with van der Waals surface area (Å²) in [5.41, 5.74) is 7.35. The average Bonchev–Trinajstić information content (AvgIpc) is 3.41. The number of carbonyl (C=O) groups is 1. The van der Waals surface area contributed by atoms with E-state index in [1.165, 1.54) is 15.9 Å². The van der Waals surface area contributed by atoms with Crippen molar-refractivity contribution in [3.05, 3.63) is 80.3 Å². The Morgan fingerprint density at radius 3 is 2.67 bits per heavy atom. The Morgan fingerprint density at radius 1 is 1.23 bits per heavy atom. The fourth-order valence-electron chi connectivity index (χ4n) is 5.77. The number of nitrogens with one attached hydrogen (secondary N) is 1. The van der Waals surface area contributed by atoms with Gasteiger partial charge in [-0.05, 0) is 54.5 Å². The van der Waals surface area contributed by atoms with Gasteiger partial charge in [-0.2, -0.15) is 17.5 Å². The molecule has 43 heavy (non-hydrogen) atoms. The molecular weight excluding hydrogens is 630 g/mol. The number of rotatable bonds is 9. The summed E-state index contributed by atoms with van der Waals surface area (Å²) in [6.07, 6.45) is -0.780. The van der Waals surface area contributed by atoms with Gasteiger partial charge in [-0.3, -0.25) is 9.78 Å². The third kappa shape index (κ3) is 7.26. The molecule has 15 heteroatoms. The molecule has 3 aromatic rings. The lowest BCUT2D eigenvalue weighted by Gasteiger charge is -2.37. The largest absolute Gasteiger partial charge is 0.443 e. The second-order valence-corrected chi connectivity index (χ2v) is 14.2. The average molecular weight is 660 g/mol. The van der Waals surface area contributed by atoms with Gasteiger partial charge >= 0.3 is 6.18 Å². The smallest absolute Gasteiger partial charge is 0.321 e. The third-order valence-corrected chi connectivity index (χ3v) is 11.1. The number of halogens is 5. The van der Waals surface area contributed by atoms with E-state index in [1.807, 2.05) is 0 Å². The number of carbonyl (C=O) groups excluding carboxylic acids is 1. The highest BCUT2D eigenvalue weighted by molar-refractivity contribution is 7.89. The predicted molar refractivity (Wildman–Crippen MR) is 155 cm³/mol. The van der Waals surface area contributed by atoms with E-state index in [4.69, 9.17) is 17.3 Å². The number of benzene rings is 1. The number of hydrogen-bond acceptors (Lipinski definition) is 8. The van der Waals surface area contributed by atoms with E-state index in [-0.39, 0.29) is 47.5 Å². The highest BCUT2D eigenvalue weighted by Gasteiger charge is 2.39. The van der Waals surface area contributed by atoms with Gasteiger partial charge in [0.15, 0.2) is 10.8 Å². The van der Waals surface area contributed by atoms with Crippen molar-refractivity contribution in [1.82, 2.24) is 19.6 Å². The maximum atomic E-state index is 15.1. The number of aromatic nitrogens is 2. The number of alkyl halides is 3. The van der Waals surface area contributed by atoms with E-state index in [2.05, 4.69) is 15.3 Å². The lowest BCUT2D eigenvalue weighted by Crippen LogP contribution is -2.57. The van der Waals surface area contributed by atoms with E-state index in [0.717, 1.165) is 12.6 Å². The van der Waals surface area contributed by atoms with E-state index in [0.29, 0.717) is 47.9 Å². The standard InChI is InChI=1S/C28H30ClF4N5O3S2/c29-18-5-3-16(4-6-18)25(23-15-42-27(37-23)28(31,32)33)26(34)24(39)10-17-11-35-13-22(30)21(17)8-7-20-12-36-19-2-1-9-43(40,41)38(20)14-19/h3-6,11,13,15,19-20,25-26,36H,1-2,7-10,12,14,34H2/t19-,20+,25+,26-/m1/s1. The second-order valence-electron chi connectivity index (χ2n) is 10.9. The molecule has 2 bridgehead atoms. The Balaban J connectivity index is 1.37. The number of pyridine rings is 1. The van der Waals surface area contributed by atoms with Gasteiger partial charge in [-0.25, -0.2) is 17.8 Å². The van der Waals surface area contributed by atoms with Crippen LogP contribution >= 0.6 is 22.9 Å². The maximum Gasteiger partial charge on any atom is 0.443 e. The molecule has 232 valence electrons. The molecule has 5 rings (SSSR count). The molecule has 3 N–H and O–H groups in total. The van der Waals surface area contributed by atoms with Crippen LogP contribution < -0.4 is 11.1 Å². The molecule has 0 spiro atoms. The van der Waals surface area contributed by atoms with Crippen molar-refractivity contribution >= 4 is 38.7 Å². The summed E-state index contributed by atoms with van der Waals surface area (Å²) in [7, 11) is -3.44. The van der Waals surface area contributed by atoms with Gasteiger partial charge in [0.2, 0.25) is 10.0 Å². The van der Waals surface area contributed by atoms with Gasteiger partial charge in [0, 0.05) is 54.1 Å². The van der Waals surface area contributed by atoms with Crippen LogP contribution in [0.4, 0.5) is 17.6 Å². The molecule has 1 aromatic carbocycles. The molecule has 2 aliphatic rings. The molecule has 5 atom stereocenters. The van der Waals surface area contributed by atoms with Crippen molar-refractivity contribution in [2.75, 3.05) is 18.8 Å². The molecular formula is C28H30ClF4N5O3S2. The van der Waals surface area contributed by atoms with Gasteiger partial charge in [-0.15, -0.1) is 11.3 Å². The minimum Gasteiger partial charge on any atom is -0.321 e. The fourth-order valence-corrected chi connectivity index (χ4v) is 8.43. The van der Waals surface area contributed by atoms with Gasteiger partial charge < -0.3 is 11.1 Å². The lowest BCUT2D eigenvalue weighted by molar-refractivity contribution is -0.137. The summed E-state index contributed by atoms with van der Waals surface area (Å²) in [6.45, 7) is 0.802. The minimum atomic E-state index is -4.66. The SMILES string of the molecule is N[C@H](C(=O)Cc1cncc(F)c1CC[C@H]1CN[C@@H]2CCCS(=O)(=O)N1C2)[C@@H](c1ccc(Cl)cc1)c1csc(C(F)(F)F)n1. The summed E-state index contributed by atoms with van der Waals surface area (Å²) in [4.78, 5) is 21.2. The molecule has 0 saturated carbocycles. The van der Waals surface area contributed by atoms with Crippen molar-refractivity contribution < 1.29 is 30.8 Å². The normalized spacial score (nSPS) is 23.3. The van der Waals surface area contributed by atoms with Gasteiger partial charge in [0.05, 0.1) is 23.7 Å². The Kier molecular flexibility index (Phi) is 9.54. The summed E-state index contributed by atoms with van der Waals surface area (Å²) >= 11 is 6.41. The van der Waals surface area contributed by atoms with E-state index in [9.17, 15) is 26.4 Å². The molecule has 1 unspecified atom stereocenters. The first-order valence-electron chi connectivity index (χ1n) is 13.7. The first kappa shape index (κ1) is 31.9. The lowest BCUT2D eigenvalue weighted by atomic mass is 9.85. The number of ketones is 1. The first-order valence-corrected chi connectivity index (χ1v) is 16.6. The Bertz CT molecular complexity index is 1570. The Hall–Kier alpha value is -2.49. The van der Waals surface area contributed by atoms with Crippen LogP contribution in [-0.4, -0.2) is 65.4 Å². The van der Waals surface area contributed by atoms with Crippen LogP contribution in [0.1, 0.15) is 52.6 Å². The molecule has 2 saturated heterocycles. The molecule has 2 fully saturated rings. The van der Waals surface area contributed by atoms with Gasteiger partial charge in [0.25, 0.3) is 0 Å². The van der Waals surface area contributed by atoms with Crippen molar-refractivity contribution in [2.24, 2.45) is 5.73 Å². The van der Waals surface area contributed by atoms with Crippen LogP contribution in [0.15, 0.2) is 42.0 Å². The van der Waals surface area contributed by atoms with Crippen LogP contribution in [0, 0.1) is 5.82 Å². The highest BCUT2D eigenvalue weighted by Crippen LogP contribution is 2.36. The predicted octanol–water partition coefficient (Wildman–Crippen LogP) is 4.32. The number of sulfonamides is 1. The highest BCUT2D eigenvalue weighted by atomic mass is 35.5. The van der Waals surface area contributed by atoms with Crippen LogP contribution in [0.3, 0.4) is 0 Å². The Morgan fingerprint density at radius 2 is 1.98 bits per heavy atom. The van der Waals surface area contributed by atoms with Crippen LogP contribution in [-0.2, 0) is 33.8 Å². The van der Waals surface area contributed by atoms with E-state index < -0.39 is 44.8 Å². The van der Waals surface area contributed by atoms with Crippen LogP contribution in [0.25, 0.3) is 0 Å². The third-order valence-electron chi connectivity index (χ3n) is 7.99. The second kappa shape index (κ2) is 12.9. The topological polar surface area (TPSA) is 118 Å². The zero-order chi connectivity index (χ0) is 30.9. The quantitative estimate of drug-likeness (QED) is 0.329. The Labute approximate surface area is 255 Å². The summed E-state index contributed by atoms with van der Waals surface area (Å²) < 4.78 is 82.3. The zero-order valence-corrected chi connectivity index (χ0v) is 25.2. The number of Topliss-reactive ketones (excluding diaryl/α,β-unsaturated/α-hetero) is 1. The molecule has 0 radical (unpaired) electrons. The first-order chi connectivity index (χ1) is 20.3. The monoisotopic (exact) mass is 659 g/mol. The van der Waals surface area contributed by atoms with Crippen molar-refractivity contribution in [1.29, 1.82) is 0 Å². The minimum absolute atomic E-state index is 0.0140. The number of piperazine rings is 1. The number of nitrogens with zero attached hydrogens (tertiary/aromatic N) is 3. The zero-order valence-electron chi connectivity index (χ0n) is 22.9. The maximum absolute atomic E-state index is 15.1. The number of fused-ring (bicyclic) bond motifs is 2. The van der Waals surface area contributed by atoms with Gasteiger partial charge in [0.1, 0.15) is 5.82 Å². The van der Waals surface area contributed by atoms with Crippen molar-refractivity contribution in [2.45, 2.75) is 62.3 Å². The van der Waals surface area contributed by atoms with E-state index in [1.54, 1.807) is 24.3 Å². The molecule has 2 aliphatic heterocycles. The molecule has 2 aromatic heterocycles. The number of hydrogen-bond donors (Lipinski definition) is 2. The number of thiazole rings is 1. The fraction of sp³-hybridized carbons (Fsp3) is 0.464.